The Balaban J connectivity index is 2.99. The van der Waals surface area contributed by atoms with Gasteiger partial charge in [0.15, 0.2) is 0 Å². The topological polar surface area (TPSA) is 98.0 Å². The number of aliphatic carboxylic acids is 1. The number of aliphatic hydroxyl groups is 2. The van der Waals surface area contributed by atoms with Gasteiger partial charge in [0.05, 0.1) is 22.6 Å². The molecule has 5 nitrogen and oxygen atoms in total. The number of aliphatic hydroxyl groups excluding tert-OH is 2. The van der Waals surface area contributed by atoms with Crippen LogP contribution in [0.2, 0.25) is 10.0 Å². The molecule has 17 heavy (non-hydrogen) atoms. The van der Waals surface area contributed by atoms with Crippen LogP contribution in [-0.2, 0) is 4.79 Å². The molecule has 0 bridgehead atoms. The average Bonchev–Trinajstić information content (AvgIpc) is 2.21. The zero-order valence-electron chi connectivity index (χ0n) is 8.47. The number of carboxylic acids is 1. The number of carbonyl (C=O) groups is 1. The van der Waals surface area contributed by atoms with E-state index in [9.17, 15) is 20.1 Å². The lowest BCUT2D eigenvalue weighted by atomic mass is 10.0. The summed E-state index contributed by atoms with van der Waals surface area (Å²) in [5, 5.41) is 36.8. The molecule has 0 saturated heterocycles. The quantitative estimate of drug-likeness (QED) is 0.671. The summed E-state index contributed by atoms with van der Waals surface area (Å²) in [4.78, 5) is 10.4. The molecule has 0 aliphatic carbocycles. The van der Waals surface area contributed by atoms with Crippen LogP contribution in [0, 0.1) is 0 Å². The number of hydrogen-bond acceptors (Lipinski definition) is 4. The number of hydrogen-bond donors (Lipinski definition) is 4. The van der Waals surface area contributed by atoms with Crippen molar-refractivity contribution in [3.63, 3.8) is 0 Å². The van der Waals surface area contributed by atoms with Gasteiger partial charge in [-0.05, 0) is 6.07 Å². The number of halogens is 2. The Bertz CT molecular complexity index is 435. The lowest BCUT2D eigenvalue weighted by molar-refractivity contribution is -0.141. The van der Waals surface area contributed by atoms with Gasteiger partial charge in [-0.15, -0.1) is 0 Å². The Morgan fingerprint density at radius 3 is 2.35 bits per heavy atom. The molecule has 7 heteroatoms. The fourth-order valence-electron chi connectivity index (χ4n) is 1.28. The van der Waals surface area contributed by atoms with Crippen LogP contribution in [0.1, 0.15) is 18.1 Å². The fraction of sp³-hybridized carbons (Fsp3) is 0.300. The van der Waals surface area contributed by atoms with Gasteiger partial charge in [0.25, 0.3) is 0 Å². The highest BCUT2D eigenvalue weighted by Crippen LogP contribution is 2.34. The number of carboxylic acid groups (broad SMARTS) is 1. The zero-order valence-corrected chi connectivity index (χ0v) is 9.98. The predicted molar refractivity (Wildman–Crippen MR) is 61.3 cm³/mol. The van der Waals surface area contributed by atoms with Crippen LogP contribution in [0.5, 0.6) is 5.75 Å². The highest BCUT2D eigenvalue weighted by atomic mass is 35.5. The smallest absolute Gasteiger partial charge is 0.306 e. The van der Waals surface area contributed by atoms with Crippen molar-refractivity contribution in [2.45, 2.75) is 18.6 Å². The second kappa shape index (κ2) is 5.55. The van der Waals surface area contributed by atoms with Crippen molar-refractivity contribution in [1.29, 1.82) is 0 Å². The van der Waals surface area contributed by atoms with E-state index in [1.807, 2.05) is 0 Å². The second-order valence-corrected chi connectivity index (χ2v) is 4.25. The molecule has 0 spiro atoms. The first kappa shape index (κ1) is 14.1. The summed E-state index contributed by atoms with van der Waals surface area (Å²) in [5.41, 5.74) is 0.0585. The zero-order chi connectivity index (χ0) is 13.2. The number of benzene rings is 1. The van der Waals surface area contributed by atoms with Crippen molar-refractivity contribution in [3.8, 4) is 5.75 Å². The van der Waals surface area contributed by atoms with E-state index < -0.39 is 24.6 Å². The van der Waals surface area contributed by atoms with Crippen LogP contribution in [0.25, 0.3) is 0 Å². The van der Waals surface area contributed by atoms with Gasteiger partial charge in [-0.2, -0.15) is 0 Å². The fourth-order valence-corrected chi connectivity index (χ4v) is 1.72. The first-order valence-electron chi connectivity index (χ1n) is 4.58. The van der Waals surface area contributed by atoms with E-state index in [4.69, 9.17) is 28.3 Å². The molecule has 0 radical (unpaired) electrons. The summed E-state index contributed by atoms with van der Waals surface area (Å²) in [6, 6.07) is 2.28. The van der Waals surface area contributed by atoms with Crippen molar-refractivity contribution in [1.82, 2.24) is 0 Å². The SMILES string of the molecule is O=C(O)CC(O)C(O)c1cc(Cl)c(O)cc1Cl. The van der Waals surface area contributed by atoms with Gasteiger partial charge in [0.1, 0.15) is 11.9 Å². The largest absolute Gasteiger partial charge is 0.506 e. The van der Waals surface area contributed by atoms with Crippen LogP contribution in [0.15, 0.2) is 12.1 Å². The molecule has 1 aromatic rings. The minimum Gasteiger partial charge on any atom is -0.506 e. The third-order valence-corrected chi connectivity index (χ3v) is 2.76. The van der Waals surface area contributed by atoms with Gasteiger partial charge in [0, 0.05) is 11.6 Å². The van der Waals surface area contributed by atoms with Gasteiger partial charge < -0.3 is 20.4 Å². The van der Waals surface area contributed by atoms with E-state index in [2.05, 4.69) is 0 Å². The first-order valence-corrected chi connectivity index (χ1v) is 5.34. The van der Waals surface area contributed by atoms with Crippen molar-refractivity contribution < 1.29 is 25.2 Å². The molecular weight excluding hydrogens is 271 g/mol. The van der Waals surface area contributed by atoms with Crippen LogP contribution in [0.4, 0.5) is 0 Å². The van der Waals surface area contributed by atoms with Crippen LogP contribution >= 0.6 is 23.2 Å². The van der Waals surface area contributed by atoms with Gasteiger partial charge in [-0.25, -0.2) is 0 Å². The van der Waals surface area contributed by atoms with Crippen molar-refractivity contribution in [2.24, 2.45) is 0 Å². The van der Waals surface area contributed by atoms with E-state index in [0.717, 1.165) is 6.07 Å². The molecule has 1 rings (SSSR count). The van der Waals surface area contributed by atoms with Gasteiger partial charge in [-0.3, -0.25) is 4.79 Å². The van der Waals surface area contributed by atoms with E-state index in [1.54, 1.807) is 0 Å². The normalized spacial score (nSPS) is 14.4. The maximum Gasteiger partial charge on any atom is 0.306 e. The molecule has 0 heterocycles. The van der Waals surface area contributed by atoms with Gasteiger partial charge in [0.2, 0.25) is 0 Å². The molecule has 4 N–H and O–H groups in total. The van der Waals surface area contributed by atoms with E-state index in [0.29, 0.717) is 0 Å². The molecule has 0 saturated carbocycles. The molecular formula is C10H10Cl2O5. The summed E-state index contributed by atoms with van der Waals surface area (Å²) < 4.78 is 0. The number of phenols is 1. The first-order chi connectivity index (χ1) is 7.82. The molecule has 0 aliphatic rings. The molecule has 2 atom stereocenters. The van der Waals surface area contributed by atoms with Crippen LogP contribution in [0.3, 0.4) is 0 Å². The predicted octanol–water partition coefficient (Wildman–Crippen LogP) is 1.57. The monoisotopic (exact) mass is 280 g/mol. The van der Waals surface area contributed by atoms with Gasteiger partial charge in [-0.1, -0.05) is 23.2 Å². The Kier molecular flexibility index (Phi) is 4.59. The molecule has 0 fully saturated rings. The molecule has 0 amide bonds. The highest BCUT2D eigenvalue weighted by molar-refractivity contribution is 6.34. The number of rotatable bonds is 4. The van der Waals surface area contributed by atoms with Gasteiger partial charge >= 0.3 is 5.97 Å². The Hall–Kier alpha value is -1.01. The molecule has 94 valence electrons. The lowest BCUT2D eigenvalue weighted by Crippen LogP contribution is -2.22. The highest BCUT2D eigenvalue weighted by Gasteiger charge is 2.24. The van der Waals surface area contributed by atoms with Crippen LogP contribution in [-0.4, -0.2) is 32.5 Å². The summed E-state index contributed by atoms with van der Waals surface area (Å²) in [6.07, 6.45) is -3.63. The number of aromatic hydroxyl groups is 1. The molecule has 0 aromatic heterocycles. The average molecular weight is 281 g/mol. The van der Waals surface area contributed by atoms with E-state index in [-0.39, 0.29) is 21.4 Å². The number of phenolic OH excluding ortho intramolecular Hbond substituents is 1. The minimum atomic E-state index is -1.51. The second-order valence-electron chi connectivity index (χ2n) is 3.44. The summed E-state index contributed by atoms with van der Waals surface area (Å²) in [6.45, 7) is 0. The molecule has 0 aliphatic heterocycles. The third-order valence-electron chi connectivity index (χ3n) is 2.13. The van der Waals surface area contributed by atoms with Crippen molar-refractivity contribution in [3.05, 3.63) is 27.7 Å². The molecule has 2 unspecified atom stereocenters. The Labute approximate surface area is 107 Å². The van der Waals surface area contributed by atoms with E-state index >= 15 is 0 Å². The lowest BCUT2D eigenvalue weighted by Gasteiger charge is -2.18. The summed E-state index contributed by atoms with van der Waals surface area (Å²) in [5.74, 6) is -1.52. The summed E-state index contributed by atoms with van der Waals surface area (Å²) in [7, 11) is 0. The van der Waals surface area contributed by atoms with E-state index in [1.165, 1.54) is 6.07 Å². The summed E-state index contributed by atoms with van der Waals surface area (Å²) >= 11 is 11.4. The standard InChI is InChI=1S/C10H10Cl2O5/c11-5-2-7(13)6(12)1-4(5)10(17)8(14)3-9(15)16/h1-2,8,10,13-14,17H,3H2,(H,15,16). The minimum absolute atomic E-state index is 0.0103. The Morgan fingerprint density at radius 1 is 1.24 bits per heavy atom. The Morgan fingerprint density at radius 2 is 1.82 bits per heavy atom. The molecule has 1 aromatic carbocycles. The maximum atomic E-state index is 10.4. The van der Waals surface area contributed by atoms with Crippen LogP contribution < -0.4 is 0 Å². The van der Waals surface area contributed by atoms with Crippen molar-refractivity contribution in [2.75, 3.05) is 0 Å². The van der Waals surface area contributed by atoms with Crippen molar-refractivity contribution >= 4 is 29.2 Å². The third kappa shape index (κ3) is 3.47. The maximum absolute atomic E-state index is 10.4.